The van der Waals surface area contributed by atoms with Crippen LogP contribution in [0, 0.1) is 5.41 Å². The van der Waals surface area contributed by atoms with Gasteiger partial charge >= 0.3 is 31.5 Å². The van der Waals surface area contributed by atoms with E-state index in [9.17, 15) is 23.8 Å². The molecule has 0 aliphatic rings. The van der Waals surface area contributed by atoms with Crippen molar-refractivity contribution < 1.29 is 60.8 Å². The van der Waals surface area contributed by atoms with Gasteiger partial charge in [0.1, 0.15) is 13.2 Å². The summed E-state index contributed by atoms with van der Waals surface area (Å²) in [5.74, 6) is -0.642. The summed E-state index contributed by atoms with van der Waals surface area (Å²) in [4.78, 5) is 45.7. The molecule has 0 amide bonds. The molecule has 2 aromatic carbocycles. The van der Waals surface area contributed by atoms with Crippen molar-refractivity contribution in [2.45, 2.75) is 65.3 Å². The molecule has 2 unspecified atom stereocenters. The molecule has 3 aromatic rings. The molecule has 2 atom stereocenters. The summed E-state index contributed by atoms with van der Waals surface area (Å²) in [6, 6.07) is 9.94. The average Bonchev–Trinajstić information content (AvgIpc) is 3.33. The number of hydrogen-bond donors (Lipinski definition) is 2. The van der Waals surface area contributed by atoms with Gasteiger partial charge in [0, 0.05) is 15.4 Å². The van der Waals surface area contributed by atoms with Crippen molar-refractivity contribution in [3.05, 3.63) is 73.8 Å². The molecule has 18 heteroatoms. The fraction of sp³-hybridized carbons (Fsp3) is 0.400. The molecule has 0 saturated heterocycles. The smallest absolute Gasteiger partial charge is 0.458 e. The van der Waals surface area contributed by atoms with Gasteiger partial charge in [-0.25, -0.2) is 14.4 Å². The van der Waals surface area contributed by atoms with E-state index in [1.54, 1.807) is 35.9 Å². The van der Waals surface area contributed by atoms with Gasteiger partial charge in [-0.15, -0.1) is 11.3 Å². The Labute approximate surface area is 286 Å². The Morgan fingerprint density at radius 1 is 0.958 bits per heavy atom. The average molecular weight is 780 g/mol. The monoisotopic (exact) mass is 778 g/mol. The maximum absolute atomic E-state index is 15.3. The number of alkyl halides is 2. The molecule has 1 aromatic heterocycles. The van der Waals surface area contributed by atoms with Crippen LogP contribution in [-0.2, 0) is 45.0 Å². The molecule has 262 valence electrons. The molecule has 0 radical (unpaired) electrons. The second kappa shape index (κ2) is 16.7. The molecule has 0 bridgehead atoms. The van der Waals surface area contributed by atoms with Crippen LogP contribution in [0.1, 0.15) is 56.1 Å². The van der Waals surface area contributed by atoms with Gasteiger partial charge in [0.25, 0.3) is 0 Å². The minimum absolute atomic E-state index is 0.0707. The fourth-order valence-electron chi connectivity index (χ4n) is 3.96. The molecule has 0 saturated carbocycles. The largest absolute Gasteiger partial charge is 0.510 e. The molecule has 0 fully saturated rings. The number of nitrogens with one attached hydrogen (secondary N) is 1. The highest BCUT2D eigenvalue weighted by molar-refractivity contribution is 9.10. The number of ether oxygens (including phenoxy) is 5. The third-order valence-corrected chi connectivity index (χ3v) is 9.02. The van der Waals surface area contributed by atoms with Gasteiger partial charge < -0.3 is 33.1 Å². The standard InChI is InChI=1S/C30H34BrF2N2O11PS/c1-17(2)43-28(37)42-13-12-41-26(36)22-9-7-21(8-10-22)25-16-48-27(34)35(25)15-20-6-11-23(24(31)14-20)30(32,33)47(39,40)46-19(5)45-29(38)44-18(3)4/h6-11,14,16-19,34H,12-13,15H2,1-5H3,(H,39,40). The Morgan fingerprint density at radius 2 is 1.56 bits per heavy atom. The maximum Gasteiger partial charge on any atom is 0.510 e. The number of carbonyl (C=O) groups excluding carboxylic acids is 3. The van der Waals surface area contributed by atoms with E-state index in [-0.39, 0.29) is 40.7 Å². The summed E-state index contributed by atoms with van der Waals surface area (Å²) in [5.41, 5.74) is -3.29. The number of nitrogens with zero attached hydrogens (tertiary/aromatic N) is 1. The second-order valence-corrected chi connectivity index (χ2v) is 14.1. The first-order valence-electron chi connectivity index (χ1n) is 14.3. The van der Waals surface area contributed by atoms with Crippen LogP contribution in [0.3, 0.4) is 0 Å². The zero-order valence-electron chi connectivity index (χ0n) is 26.4. The molecule has 0 aliphatic carbocycles. The van der Waals surface area contributed by atoms with E-state index in [2.05, 4.69) is 25.2 Å². The highest BCUT2D eigenvalue weighted by Crippen LogP contribution is 2.64. The molecule has 0 spiro atoms. The minimum atomic E-state index is -5.73. The molecule has 0 aliphatic heterocycles. The minimum Gasteiger partial charge on any atom is -0.458 e. The summed E-state index contributed by atoms with van der Waals surface area (Å²) in [5, 5.41) is 10.1. The first-order chi connectivity index (χ1) is 22.4. The van der Waals surface area contributed by atoms with E-state index in [1.807, 2.05) is 0 Å². The van der Waals surface area contributed by atoms with Crippen LogP contribution in [0.15, 0.2) is 52.3 Å². The van der Waals surface area contributed by atoms with E-state index in [0.29, 0.717) is 16.8 Å². The highest BCUT2D eigenvalue weighted by Gasteiger charge is 2.55. The van der Waals surface area contributed by atoms with Crippen LogP contribution < -0.4 is 4.80 Å². The highest BCUT2D eigenvalue weighted by atomic mass is 79.9. The molecule has 13 nitrogen and oxygen atoms in total. The lowest BCUT2D eigenvalue weighted by atomic mass is 10.1. The van der Waals surface area contributed by atoms with Gasteiger partial charge in [0.2, 0.25) is 6.29 Å². The lowest BCUT2D eigenvalue weighted by Crippen LogP contribution is -2.24. The SMILES string of the molecule is CC(C)OC(=O)OCCOC(=O)c1ccc(-c2csc(=N)n2Cc2ccc(C(F)(F)P(=O)(O)OC(C)OC(=O)OC(C)C)c(Br)c2)cc1. The maximum atomic E-state index is 15.3. The van der Waals surface area contributed by atoms with Gasteiger partial charge in [0.15, 0.2) is 4.80 Å². The number of halogens is 3. The number of esters is 1. The predicted octanol–water partition coefficient (Wildman–Crippen LogP) is 7.38. The third-order valence-electron chi connectivity index (χ3n) is 6.04. The van der Waals surface area contributed by atoms with Gasteiger partial charge in [-0.1, -0.05) is 40.2 Å². The van der Waals surface area contributed by atoms with Crippen molar-refractivity contribution in [2.24, 2.45) is 0 Å². The van der Waals surface area contributed by atoms with Crippen LogP contribution in [0.5, 0.6) is 0 Å². The summed E-state index contributed by atoms with van der Waals surface area (Å²) < 4.78 is 73.3. The van der Waals surface area contributed by atoms with Crippen molar-refractivity contribution in [1.82, 2.24) is 4.57 Å². The Bertz CT molecular complexity index is 1710. The number of thiazole rings is 1. The zero-order chi connectivity index (χ0) is 35.8. The fourth-order valence-corrected chi connectivity index (χ4v) is 6.64. The van der Waals surface area contributed by atoms with Crippen molar-refractivity contribution in [3.63, 3.8) is 0 Å². The van der Waals surface area contributed by atoms with E-state index >= 15 is 8.78 Å². The Hall–Kier alpha value is -3.63. The number of hydrogen-bond acceptors (Lipinski definition) is 12. The van der Waals surface area contributed by atoms with Crippen molar-refractivity contribution >= 4 is 53.1 Å². The Kier molecular flexibility index (Phi) is 13.5. The van der Waals surface area contributed by atoms with Crippen LogP contribution in [-0.4, -0.2) is 59.5 Å². The van der Waals surface area contributed by atoms with Crippen molar-refractivity contribution in [3.8, 4) is 11.3 Å². The van der Waals surface area contributed by atoms with E-state index < -0.39 is 49.5 Å². The molecular weight excluding hydrogens is 745 g/mol. The lowest BCUT2D eigenvalue weighted by Gasteiger charge is -2.26. The first kappa shape index (κ1) is 38.8. The number of benzene rings is 2. The topological polar surface area (TPSA) is 173 Å². The first-order valence-corrected chi connectivity index (χ1v) is 17.6. The predicted molar refractivity (Wildman–Crippen MR) is 172 cm³/mol. The molecule has 2 N–H and O–H groups in total. The van der Waals surface area contributed by atoms with Gasteiger partial charge in [-0.05, 0) is 63.9 Å². The van der Waals surface area contributed by atoms with Gasteiger partial charge in [-0.2, -0.15) is 8.78 Å². The van der Waals surface area contributed by atoms with E-state index in [1.165, 1.54) is 38.1 Å². The van der Waals surface area contributed by atoms with Crippen molar-refractivity contribution in [1.29, 1.82) is 5.41 Å². The van der Waals surface area contributed by atoms with E-state index in [0.717, 1.165) is 24.3 Å². The lowest BCUT2D eigenvalue weighted by molar-refractivity contribution is -0.0766. The Morgan fingerprint density at radius 3 is 2.17 bits per heavy atom. The Balaban J connectivity index is 1.69. The second-order valence-electron chi connectivity index (χ2n) is 10.6. The quantitative estimate of drug-likeness (QED) is 0.0550. The molecule has 3 rings (SSSR count). The van der Waals surface area contributed by atoms with Crippen LogP contribution in [0.25, 0.3) is 11.3 Å². The number of carbonyl (C=O) groups is 3. The third kappa shape index (κ3) is 10.4. The molecule has 48 heavy (non-hydrogen) atoms. The summed E-state index contributed by atoms with van der Waals surface area (Å²) in [6.45, 7) is 7.10. The zero-order valence-corrected chi connectivity index (χ0v) is 29.7. The summed E-state index contributed by atoms with van der Waals surface area (Å²) >= 11 is 4.18. The van der Waals surface area contributed by atoms with Crippen molar-refractivity contribution in [2.75, 3.05) is 13.2 Å². The molecular formula is C30H34BrF2N2O11PS. The summed E-state index contributed by atoms with van der Waals surface area (Å²) in [7, 11) is -5.73. The normalized spacial score (nSPS) is 13.5. The summed E-state index contributed by atoms with van der Waals surface area (Å²) in [6.07, 6.45) is -4.86. The van der Waals surface area contributed by atoms with Crippen LogP contribution >= 0.6 is 34.9 Å². The number of rotatable bonds is 14. The van der Waals surface area contributed by atoms with Gasteiger partial charge in [0.05, 0.1) is 30.0 Å². The van der Waals surface area contributed by atoms with Crippen LogP contribution in [0.2, 0.25) is 0 Å². The van der Waals surface area contributed by atoms with Crippen LogP contribution in [0.4, 0.5) is 18.4 Å². The number of aromatic nitrogens is 1. The molecule has 1 heterocycles. The van der Waals surface area contributed by atoms with Gasteiger partial charge in [-0.3, -0.25) is 14.5 Å². The van der Waals surface area contributed by atoms with E-state index in [4.69, 9.17) is 24.4 Å².